The maximum atomic E-state index is 10.9. The van der Waals surface area contributed by atoms with E-state index in [2.05, 4.69) is 26.6 Å². The average Bonchev–Trinajstić information content (AvgIpc) is 2.77. The predicted molar refractivity (Wildman–Crippen MR) is 79.2 cm³/mol. The molecule has 1 heterocycles. The van der Waals surface area contributed by atoms with E-state index in [-0.39, 0.29) is 11.9 Å². The van der Waals surface area contributed by atoms with Crippen LogP contribution in [0.25, 0.3) is 0 Å². The lowest BCUT2D eigenvalue weighted by Crippen LogP contribution is -2.07. The fourth-order valence-corrected chi connectivity index (χ4v) is 2.33. The number of carbonyl (C=O) groups excluding carboxylic acids is 1. The summed E-state index contributed by atoms with van der Waals surface area (Å²) in [4.78, 5) is 10.9. The summed E-state index contributed by atoms with van der Waals surface area (Å²) in [7, 11) is 0. The topological polar surface area (TPSA) is 54.3 Å². The summed E-state index contributed by atoms with van der Waals surface area (Å²) in [6.45, 7) is 3.51. The van der Waals surface area contributed by atoms with Crippen molar-refractivity contribution < 1.29 is 9.21 Å². The Balaban J connectivity index is 2.03. The molecule has 2 N–H and O–H groups in total. The molecule has 0 aliphatic heterocycles. The van der Waals surface area contributed by atoms with Gasteiger partial charge in [-0.25, -0.2) is 0 Å². The number of amides is 1. The Morgan fingerprint density at radius 1 is 1.21 bits per heavy atom. The molecule has 0 spiro atoms. The van der Waals surface area contributed by atoms with Crippen molar-refractivity contribution in [3.05, 3.63) is 46.8 Å². The fraction of sp³-hybridized carbons (Fsp3) is 0.214. The molecule has 0 aliphatic rings. The van der Waals surface area contributed by atoms with Crippen molar-refractivity contribution in [3.8, 4) is 0 Å². The molecule has 1 unspecified atom stereocenters. The van der Waals surface area contributed by atoms with Crippen LogP contribution >= 0.6 is 15.9 Å². The molecule has 1 amide bonds. The van der Waals surface area contributed by atoms with Crippen LogP contribution in [-0.4, -0.2) is 5.91 Å². The van der Waals surface area contributed by atoms with Crippen molar-refractivity contribution in [2.24, 2.45) is 0 Å². The number of carbonyl (C=O) groups is 1. The molecular formula is C14H15BrN2O2. The zero-order valence-corrected chi connectivity index (χ0v) is 12.3. The first-order valence-corrected chi connectivity index (χ1v) is 6.72. The van der Waals surface area contributed by atoms with Gasteiger partial charge >= 0.3 is 0 Å². The van der Waals surface area contributed by atoms with Gasteiger partial charge in [-0.05, 0) is 53.2 Å². The highest BCUT2D eigenvalue weighted by Gasteiger charge is 2.12. The van der Waals surface area contributed by atoms with E-state index in [0.717, 1.165) is 21.6 Å². The highest BCUT2D eigenvalue weighted by molar-refractivity contribution is 9.10. The van der Waals surface area contributed by atoms with Crippen LogP contribution in [0, 0.1) is 0 Å². The maximum absolute atomic E-state index is 10.9. The number of rotatable bonds is 4. The Hall–Kier alpha value is -1.75. The molecule has 1 aromatic heterocycles. The molecule has 100 valence electrons. The monoisotopic (exact) mass is 322 g/mol. The van der Waals surface area contributed by atoms with Gasteiger partial charge in [0, 0.05) is 18.3 Å². The van der Waals surface area contributed by atoms with Gasteiger partial charge in [0.25, 0.3) is 0 Å². The third-order valence-corrected chi connectivity index (χ3v) is 3.28. The zero-order valence-electron chi connectivity index (χ0n) is 10.7. The van der Waals surface area contributed by atoms with E-state index in [0.29, 0.717) is 0 Å². The van der Waals surface area contributed by atoms with E-state index >= 15 is 0 Å². The third-order valence-electron chi connectivity index (χ3n) is 2.63. The predicted octanol–water partition coefficient (Wildman–Crippen LogP) is 4.17. The van der Waals surface area contributed by atoms with Crippen LogP contribution in [0.4, 0.5) is 11.4 Å². The van der Waals surface area contributed by atoms with Gasteiger partial charge in [-0.1, -0.05) is 0 Å². The summed E-state index contributed by atoms with van der Waals surface area (Å²) in [5.41, 5.74) is 1.75. The van der Waals surface area contributed by atoms with Crippen molar-refractivity contribution in [3.63, 3.8) is 0 Å². The van der Waals surface area contributed by atoms with Gasteiger partial charge in [-0.3, -0.25) is 4.79 Å². The van der Waals surface area contributed by atoms with Gasteiger partial charge in [0.15, 0.2) is 0 Å². The number of halogens is 1. The molecule has 0 saturated carbocycles. The van der Waals surface area contributed by atoms with Crippen LogP contribution in [0.2, 0.25) is 0 Å². The van der Waals surface area contributed by atoms with Gasteiger partial charge in [0.1, 0.15) is 5.76 Å². The highest BCUT2D eigenvalue weighted by Crippen LogP contribution is 2.27. The van der Waals surface area contributed by atoms with Crippen LogP contribution in [0.5, 0.6) is 0 Å². The van der Waals surface area contributed by atoms with Gasteiger partial charge < -0.3 is 15.1 Å². The summed E-state index contributed by atoms with van der Waals surface area (Å²) < 4.78 is 6.35. The molecule has 0 saturated heterocycles. The van der Waals surface area contributed by atoms with E-state index in [9.17, 15) is 4.79 Å². The zero-order chi connectivity index (χ0) is 13.8. The summed E-state index contributed by atoms with van der Waals surface area (Å²) in [5.74, 6) is 0.777. The van der Waals surface area contributed by atoms with E-state index < -0.39 is 0 Å². The second kappa shape index (κ2) is 5.93. The Morgan fingerprint density at radius 3 is 2.37 bits per heavy atom. The smallest absolute Gasteiger partial charge is 0.221 e. The van der Waals surface area contributed by atoms with Crippen molar-refractivity contribution in [1.29, 1.82) is 0 Å². The number of hydrogen-bond acceptors (Lipinski definition) is 3. The molecule has 0 aliphatic carbocycles. The van der Waals surface area contributed by atoms with Crippen molar-refractivity contribution in [2.75, 3.05) is 10.6 Å². The molecule has 0 bridgehead atoms. The van der Waals surface area contributed by atoms with E-state index in [1.54, 1.807) is 6.26 Å². The summed E-state index contributed by atoms with van der Waals surface area (Å²) in [6.07, 6.45) is 1.65. The molecule has 0 fully saturated rings. The second-order valence-corrected chi connectivity index (χ2v) is 5.11. The Labute approximate surface area is 120 Å². The Kier molecular flexibility index (Phi) is 4.27. The summed E-state index contributed by atoms with van der Waals surface area (Å²) >= 11 is 3.44. The minimum Gasteiger partial charge on any atom is -0.466 e. The number of furan rings is 1. The lowest BCUT2D eigenvalue weighted by Gasteiger charge is -2.14. The standard InChI is InChI=1S/C14H15BrN2O2/c1-9(14-13(15)7-8-19-14)16-11-3-5-12(6-4-11)17-10(2)18/h3-9,16H,1-2H3,(H,17,18). The number of hydrogen-bond donors (Lipinski definition) is 2. The second-order valence-electron chi connectivity index (χ2n) is 4.26. The lowest BCUT2D eigenvalue weighted by molar-refractivity contribution is -0.114. The minimum atomic E-state index is -0.0754. The highest BCUT2D eigenvalue weighted by atomic mass is 79.9. The first kappa shape index (κ1) is 13.7. The van der Waals surface area contributed by atoms with Gasteiger partial charge in [0.05, 0.1) is 16.8 Å². The van der Waals surface area contributed by atoms with E-state index in [1.165, 1.54) is 6.92 Å². The first-order chi connectivity index (χ1) is 9.06. The normalized spacial score (nSPS) is 11.9. The third kappa shape index (κ3) is 3.61. The number of nitrogens with one attached hydrogen (secondary N) is 2. The minimum absolute atomic E-state index is 0.0518. The maximum Gasteiger partial charge on any atom is 0.221 e. The van der Waals surface area contributed by atoms with Crippen molar-refractivity contribution in [1.82, 2.24) is 0 Å². The van der Waals surface area contributed by atoms with E-state index in [1.807, 2.05) is 37.3 Å². The molecule has 5 heteroatoms. The van der Waals surface area contributed by atoms with Crippen LogP contribution in [0.15, 0.2) is 45.5 Å². The van der Waals surface area contributed by atoms with Crippen molar-refractivity contribution in [2.45, 2.75) is 19.9 Å². The molecule has 2 rings (SSSR count). The fourth-order valence-electron chi connectivity index (χ4n) is 1.78. The molecule has 0 radical (unpaired) electrons. The van der Waals surface area contributed by atoms with Gasteiger partial charge in [-0.2, -0.15) is 0 Å². The SMILES string of the molecule is CC(=O)Nc1ccc(NC(C)c2occc2Br)cc1. The number of anilines is 2. The Bertz CT molecular complexity index is 563. The quantitative estimate of drug-likeness (QED) is 0.888. The molecule has 2 aromatic rings. The molecule has 19 heavy (non-hydrogen) atoms. The number of benzene rings is 1. The lowest BCUT2D eigenvalue weighted by atomic mass is 10.2. The molecule has 1 atom stereocenters. The largest absolute Gasteiger partial charge is 0.466 e. The van der Waals surface area contributed by atoms with Crippen LogP contribution in [-0.2, 0) is 4.79 Å². The van der Waals surface area contributed by atoms with Gasteiger partial charge in [0.2, 0.25) is 5.91 Å². The molecule has 1 aromatic carbocycles. The van der Waals surface area contributed by atoms with Crippen LogP contribution in [0.1, 0.15) is 25.6 Å². The first-order valence-electron chi connectivity index (χ1n) is 5.93. The average molecular weight is 323 g/mol. The molecule has 4 nitrogen and oxygen atoms in total. The van der Waals surface area contributed by atoms with Crippen LogP contribution in [0.3, 0.4) is 0 Å². The van der Waals surface area contributed by atoms with E-state index in [4.69, 9.17) is 4.42 Å². The van der Waals surface area contributed by atoms with Crippen LogP contribution < -0.4 is 10.6 Å². The van der Waals surface area contributed by atoms with Crippen molar-refractivity contribution >= 4 is 33.2 Å². The Morgan fingerprint density at radius 2 is 1.84 bits per heavy atom. The summed E-state index contributed by atoms with van der Waals surface area (Å²) in [5, 5.41) is 6.06. The van der Waals surface area contributed by atoms with Gasteiger partial charge in [-0.15, -0.1) is 0 Å². The molecular weight excluding hydrogens is 308 g/mol. The summed E-state index contributed by atoms with van der Waals surface area (Å²) in [6, 6.07) is 9.46.